The summed E-state index contributed by atoms with van der Waals surface area (Å²) in [6.45, 7) is 8.46. The van der Waals surface area contributed by atoms with Crippen molar-refractivity contribution < 1.29 is 9.68 Å². The summed E-state index contributed by atoms with van der Waals surface area (Å²) in [7, 11) is 4.33. The lowest BCUT2D eigenvalue weighted by Gasteiger charge is -2.57. The summed E-state index contributed by atoms with van der Waals surface area (Å²) in [4.78, 5) is 14.2. The van der Waals surface area contributed by atoms with Gasteiger partial charge in [0.25, 0.3) is 0 Å². The van der Waals surface area contributed by atoms with Crippen molar-refractivity contribution in [1.29, 1.82) is 0 Å². The zero-order chi connectivity index (χ0) is 32.9. The molecule has 46 heavy (non-hydrogen) atoms. The predicted octanol–water partition coefficient (Wildman–Crippen LogP) is 10.9. The van der Waals surface area contributed by atoms with Gasteiger partial charge in [-0.05, 0) is 113 Å². The number of nitrogens with two attached hydrogens (primary N) is 1. The molecule has 3 rings (SSSR count). The van der Waals surface area contributed by atoms with Gasteiger partial charge in [-0.15, -0.1) is 0 Å². The van der Waals surface area contributed by atoms with Crippen molar-refractivity contribution in [3.05, 3.63) is 0 Å². The second kappa shape index (κ2) is 24.0. The van der Waals surface area contributed by atoms with E-state index < -0.39 is 0 Å². The molecule has 7 unspecified atom stereocenters. The minimum atomic E-state index is 0.428. The van der Waals surface area contributed by atoms with Crippen LogP contribution in [0.25, 0.3) is 0 Å². The van der Waals surface area contributed by atoms with Gasteiger partial charge in [0, 0.05) is 6.54 Å². The van der Waals surface area contributed by atoms with E-state index in [2.05, 4.69) is 38.3 Å². The SMILES string of the molecule is CCCCCCC1CCC2(CCCCCCC2CONCCCN(C)C)C(CC2CCCCCCC2CON)C1CCCCCC. The van der Waals surface area contributed by atoms with Crippen molar-refractivity contribution in [1.82, 2.24) is 10.4 Å². The molecule has 3 fully saturated rings. The van der Waals surface area contributed by atoms with Crippen LogP contribution in [0.4, 0.5) is 0 Å². The summed E-state index contributed by atoms with van der Waals surface area (Å²) in [5.41, 5.74) is 3.86. The van der Waals surface area contributed by atoms with Gasteiger partial charge >= 0.3 is 0 Å². The molecule has 5 heteroatoms. The highest BCUT2D eigenvalue weighted by Gasteiger charge is 2.52. The number of unbranched alkanes of at least 4 members (excludes halogenated alkanes) is 6. The van der Waals surface area contributed by atoms with E-state index in [0.717, 1.165) is 56.4 Å². The fraction of sp³-hybridized carbons (Fsp3) is 1.00. The molecule has 0 aromatic heterocycles. The van der Waals surface area contributed by atoms with Crippen LogP contribution in [0.3, 0.4) is 0 Å². The maximum absolute atomic E-state index is 6.48. The van der Waals surface area contributed by atoms with Crippen LogP contribution in [0, 0.1) is 40.9 Å². The average Bonchev–Trinajstić information content (AvgIpc) is 3.02. The standard InChI is InChI=1S/C41H81N3O2/c1-5-7-9-15-22-35-27-29-41(28-20-14-13-18-25-38(41)34-46-43-30-21-31-44(3)4)40(39(35)26-19-10-8-6-2)32-36-23-16-11-12-17-24-37(36)33-45-42/h35-40,43H,5-34,42H2,1-4H3. The summed E-state index contributed by atoms with van der Waals surface area (Å²) < 4.78 is 0. The zero-order valence-electron chi connectivity index (χ0n) is 31.5. The Labute approximate surface area is 287 Å². The predicted molar refractivity (Wildman–Crippen MR) is 197 cm³/mol. The molecule has 0 saturated heterocycles. The van der Waals surface area contributed by atoms with Crippen LogP contribution >= 0.6 is 0 Å². The van der Waals surface area contributed by atoms with E-state index in [-0.39, 0.29) is 0 Å². The molecule has 0 radical (unpaired) electrons. The first-order valence-electron chi connectivity index (χ1n) is 20.9. The molecule has 0 aliphatic heterocycles. The lowest BCUT2D eigenvalue weighted by atomic mass is 9.48. The molecule has 3 N–H and O–H groups in total. The van der Waals surface area contributed by atoms with Crippen LogP contribution in [-0.4, -0.2) is 45.3 Å². The topological polar surface area (TPSA) is 59.8 Å². The van der Waals surface area contributed by atoms with Crippen LogP contribution in [0.5, 0.6) is 0 Å². The third kappa shape index (κ3) is 13.6. The van der Waals surface area contributed by atoms with E-state index in [1.165, 1.54) is 161 Å². The Bertz CT molecular complexity index is 734. The van der Waals surface area contributed by atoms with Crippen molar-refractivity contribution in [2.24, 2.45) is 46.8 Å². The smallest absolute Gasteiger partial charge is 0.0715 e. The van der Waals surface area contributed by atoms with Gasteiger partial charge in [-0.1, -0.05) is 129 Å². The van der Waals surface area contributed by atoms with Crippen LogP contribution in [0.15, 0.2) is 0 Å². The first-order chi connectivity index (χ1) is 22.6. The van der Waals surface area contributed by atoms with Gasteiger partial charge in [0.05, 0.1) is 13.2 Å². The molecular weight excluding hydrogens is 566 g/mol. The largest absolute Gasteiger partial charge is 0.309 e. The molecule has 0 aromatic rings. The molecule has 0 aromatic carbocycles. The molecule has 7 atom stereocenters. The van der Waals surface area contributed by atoms with Gasteiger partial charge in [-0.2, -0.15) is 0 Å². The van der Waals surface area contributed by atoms with E-state index in [0.29, 0.717) is 17.3 Å². The normalized spacial score (nSPS) is 31.4. The number of rotatable bonds is 21. The highest BCUT2D eigenvalue weighted by Crippen LogP contribution is 2.60. The van der Waals surface area contributed by atoms with Gasteiger partial charge in [-0.3, -0.25) is 0 Å². The average molecular weight is 648 g/mol. The molecule has 3 aliphatic carbocycles. The van der Waals surface area contributed by atoms with Crippen LogP contribution in [-0.2, 0) is 9.68 Å². The molecule has 3 saturated carbocycles. The first-order valence-corrected chi connectivity index (χ1v) is 20.9. The second-order valence-electron chi connectivity index (χ2n) is 16.6. The lowest BCUT2D eigenvalue weighted by molar-refractivity contribution is -0.113. The van der Waals surface area contributed by atoms with Crippen LogP contribution in [0.1, 0.15) is 181 Å². The van der Waals surface area contributed by atoms with Crippen molar-refractivity contribution in [3.8, 4) is 0 Å². The third-order valence-corrected chi connectivity index (χ3v) is 13.1. The highest BCUT2D eigenvalue weighted by molar-refractivity contribution is 5.02. The van der Waals surface area contributed by atoms with E-state index in [1.54, 1.807) is 0 Å². The Balaban J connectivity index is 1.94. The molecule has 0 heterocycles. The Morgan fingerprint density at radius 1 is 0.674 bits per heavy atom. The molecular formula is C41H81N3O2. The van der Waals surface area contributed by atoms with Crippen molar-refractivity contribution in [2.45, 2.75) is 181 Å². The van der Waals surface area contributed by atoms with Gasteiger partial charge in [0.1, 0.15) is 0 Å². The highest BCUT2D eigenvalue weighted by atomic mass is 16.6. The number of hydrogen-bond acceptors (Lipinski definition) is 5. The second-order valence-corrected chi connectivity index (χ2v) is 16.6. The minimum Gasteiger partial charge on any atom is -0.309 e. The van der Waals surface area contributed by atoms with Gasteiger partial charge in [0.15, 0.2) is 0 Å². The Morgan fingerprint density at radius 3 is 2.04 bits per heavy atom. The van der Waals surface area contributed by atoms with Crippen LogP contribution < -0.4 is 11.4 Å². The lowest BCUT2D eigenvalue weighted by Crippen LogP contribution is -2.51. The molecule has 5 nitrogen and oxygen atoms in total. The Kier molecular flexibility index (Phi) is 21.0. The fourth-order valence-electron chi connectivity index (χ4n) is 10.5. The summed E-state index contributed by atoms with van der Waals surface area (Å²) in [5, 5.41) is 0. The van der Waals surface area contributed by atoms with Gasteiger partial charge in [-0.25, -0.2) is 11.4 Å². The number of nitrogens with zero attached hydrogens (tertiary/aromatic N) is 1. The molecule has 3 aliphatic rings. The van der Waals surface area contributed by atoms with Crippen molar-refractivity contribution in [2.75, 3.05) is 40.4 Å². The number of hydroxylamine groups is 1. The van der Waals surface area contributed by atoms with Gasteiger partial charge < -0.3 is 14.6 Å². The Morgan fingerprint density at radius 2 is 1.35 bits per heavy atom. The summed E-state index contributed by atoms with van der Waals surface area (Å²) in [6, 6.07) is 0. The van der Waals surface area contributed by atoms with E-state index in [9.17, 15) is 0 Å². The fourth-order valence-corrected chi connectivity index (χ4v) is 10.5. The molecule has 0 amide bonds. The molecule has 272 valence electrons. The number of nitrogens with one attached hydrogen (secondary N) is 1. The molecule has 1 spiro atoms. The van der Waals surface area contributed by atoms with Crippen molar-refractivity contribution >= 4 is 0 Å². The monoisotopic (exact) mass is 648 g/mol. The first kappa shape index (κ1) is 40.2. The van der Waals surface area contributed by atoms with E-state index in [4.69, 9.17) is 15.6 Å². The number of hydrogen-bond donors (Lipinski definition) is 2. The van der Waals surface area contributed by atoms with Crippen LogP contribution in [0.2, 0.25) is 0 Å². The summed E-state index contributed by atoms with van der Waals surface area (Å²) in [6.07, 6.45) is 36.3. The quantitative estimate of drug-likeness (QED) is 0.0959. The Hall–Kier alpha value is -0.200. The zero-order valence-corrected chi connectivity index (χ0v) is 31.5. The third-order valence-electron chi connectivity index (χ3n) is 13.1. The maximum Gasteiger partial charge on any atom is 0.0715 e. The van der Waals surface area contributed by atoms with Gasteiger partial charge in [0.2, 0.25) is 0 Å². The molecule has 0 bridgehead atoms. The van der Waals surface area contributed by atoms with Crippen molar-refractivity contribution in [3.63, 3.8) is 0 Å². The minimum absolute atomic E-state index is 0.428. The van der Waals surface area contributed by atoms with E-state index >= 15 is 0 Å². The summed E-state index contributed by atoms with van der Waals surface area (Å²) in [5.74, 6) is 10.5. The maximum atomic E-state index is 6.48. The summed E-state index contributed by atoms with van der Waals surface area (Å²) >= 11 is 0. The van der Waals surface area contributed by atoms with E-state index in [1.807, 2.05) is 0 Å².